The molecule has 27 heavy (non-hydrogen) atoms. The third kappa shape index (κ3) is 3.94. The van der Waals surface area contributed by atoms with Crippen molar-refractivity contribution in [3.05, 3.63) is 46.5 Å². The number of ether oxygens (including phenoxy) is 3. The minimum absolute atomic E-state index is 0.0230. The topological polar surface area (TPSA) is 78.9 Å². The second kappa shape index (κ2) is 8.20. The average molecular weight is 372 g/mol. The van der Waals surface area contributed by atoms with Gasteiger partial charge in [-0.2, -0.15) is 0 Å². The van der Waals surface area contributed by atoms with Crippen molar-refractivity contribution >= 4 is 23.8 Å². The number of carbonyl (C=O) groups is 3. The van der Waals surface area contributed by atoms with E-state index in [-0.39, 0.29) is 18.6 Å². The molecule has 0 radical (unpaired) electrons. The van der Waals surface area contributed by atoms with Crippen LogP contribution in [0, 0.1) is 5.41 Å². The first-order valence-corrected chi connectivity index (χ1v) is 8.51. The number of hydrogen-bond acceptors (Lipinski definition) is 6. The van der Waals surface area contributed by atoms with Crippen molar-refractivity contribution < 1.29 is 28.6 Å². The van der Waals surface area contributed by atoms with Crippen molar-refractivity contribution in [2.24, 2.45) is 5.41 Å². The molecule has 0 saturated heterocycles. The molecule has 0 aliphatic heterocycles. The maximum Gasteiger partial charge on any atom is 0.323 e. The Morgan fingerprint density at radius 2 is 1.41 bits per heavy atom. The van der Waals surface area contributed by atoms with Gasteiger partial charge in [0.15, 0.2) is 11.2 Å². The van der Waals surface area contributed by atoms with Crippen LogP contribution in [0.1, 0.15) is 32.3 Å². The highest BCUT2D eigenvalue weighted by molar-refractivity contribution is 6.06. The number of Topliss-reactive ketones (excluding diaryl/α,β-unsaturated/α-hetero) is 1. The van der Waals surface area contributed by atoms with Gasteiger partial charge in [0.1, 0.15) is 5.75 Å². The van der Waals surface area contributed by atoms with E-state index in [1.165, 1.54) is 21.1 Å². The number of allylic oxidation sites excluding steroid dienone is 3. The Hall–Kier alpha value is -2.89. The first-order chi connectivity index (χ1) is 12.8. The summed E-state index contributed by atoms with van der Waals surface area (Å²) in [5.41, 5.74) is 1.33. The van der Waals surface area contributed by atoms with Crippen molar-refractivity contribution in [3.8, 4) is 5.75 Å². The number of methoxy groups -OCH3 is 3. The van der Waals surface area contributed by atoms with Crippen molar-refractivity contribution in [1.82, 2.24) is 0 Å². The molecule has 0 unspecified atom stereocenters. The Bertz CT molecular complexity index is 798. The summed E-state index contributed by atoms with van der Waals surface area (Å²) in [6.07, 6.45) is 1.95. The summed E-state index contributed by atoms with van der Waals surface area (Å²) in [4.78, 5) is 37.0. The van der Waals surface area contributed by atoms with E-state index in [1.54, 1.807) is 7.11 Å². The van der Waals surface area contributed by atoms with Gasteiger partial charge < -0.3 is 14.2 Å². The van der Waals surface area contributed by atoms with Crippen molar-refractivity contribution in [2.45, 2.75) is 26.7 Å². The molecule has 1 aliphatic carbocycles. The number of ketones is 1. The molecule has 0 fully saturated rings. The maximum absolute atomic E-state index is 12.4. The molecule has 0 heterocycles. The molecular formula is C21H24O6. The lowest BCUT2D eigenvalue weighted by atomic mass is 9.83. The van der Waals surface area contributed by atoms with Gasteiger partial charge in [-0.3, -0.25) is 14.4 Å². The fourth-order valence-corrected chi connectivity index (χ4v) is 3.39. The molecule has 1 aromatic carbocycles. The maximum atomic E-state index is 12.4. The monoisotopic (exact) mass is 372 g/mol. The van der Waals surface area contributed by atoms with Gasteiger partial charge in [-0.05, 0) is 42.7 Å². The smallest absolute Gasteiger partial charge is 0.323 e. The van der Waals surface area contributed by atoms with Gasteiger partial charge in [-0.1, -0.05) is 18.2 Å². The van der Waals surface area contributed by atoms with Crippen molar-refractivity contribution in [3.63, 3.8) is 0 Å². The summed E-state index contributed by atoms with van der Waals surface area (Å²) in [5, 5.41) is 0. The van der Waals surface area contributed by atoms with Crippen molar-refractivity contribution in [2.75, 3.05) is 21.3 Å². The Labute approximate surface area is 158 Å². The lowest BCUT2D eigenvalue weighted by molar-refractivity contribution is -0.168. The van der Waals surface area contributed by atoms with E-state index in [2.05, 4.69) is 0 Å². The van der Waals surface area contributed by atoms with Gasteiger partial charge in [0, 0.05) is 18.4 Å². The van der Waals surface area contributed by atoms with Gasteiger partial charge in [0.2, 0.25) is 0 Å². The number of carbonyl (C=O) groups excluding carboxylic acids is 3. The summed E-state index contributed by atoms with van der Waals surface area (Å²) in [7, 11) is 4.04. The normalized spacial score (nSPS) is 16.1. The van der Waals surface area contributed by atoms with Crippen LogP contribution in [0.4, 0.5) is 0 Å². The minimum atomic E-state index is -1.52. The van der Waals surface area contributed by atoms with E-state index in [4.69, 9.17) is 14.2 Å². The Kier molecular flexibility index (Phi) is 6.20. The zero-order valence-corrected chi connectivity index (χ0v) is 16.3. The van der Waals surface area contributed by atoms with Crippen LogP contribution >= 0.6 is 0 Å². The second-order valence-electron chi connectivity index (χ2n) is 6.53. The van der Waals surface area contributed by atoms with Crippen LogP contribution in [0.3, 0.4) is 0 Å². The highest BCUT2D eigenvalue weighted by atomic mass is 16.5. The molecule has 0 bridgehead atoms. The van der Waals surface area contributed by atoms with Crippen LogP contribution in [0.5, 0.6) is 5.75 Å². The zero-order valence-electron chi connectivity index (χ0n) is 16.3. The molecule has 0 amide bonds. The van der Waals surface area contributed by atoms with Crippen LogP contribution in [0.15, 0.2) is 41.0 Å². The third-order valence-electron chi connectivity index (χ3n) is 4.87. The molecule has 144 valence electrons. The highest BCUT2D eigenvalue weighted by Gasteiger charge is 2.54. The molecule has 0 saturated carbocycles. The van der Waals surface area contributed by atoms with Crippen LogP contribution in [0.2, 0.25) is 0 Å². The second-order valence-corrected chi connectivity index (χ2v) is 6.53. The quantitative estimate of drug-likeness (QED) is 0.564. The summed E-state index contributed by atoms with van der Waals surface area (Å²) >= 11 is 0. The van der Waals surface area contributed by atoms with Gasteiger partial charge in [0.05, 0.1) is 21.3 Å². The molecule has 0 atom stereocenters. The molecule has 0 N–H and O–H groups in total. The third-order valence-corrected chi connectivity index (χ3v) is 4.87. The molecule has 0 aromatic heterocycles. The van der Waals surface area contributed by atoms with Gasteiger partial charge in [-0.25, -0.2) is 0 Å². The molecule has 6 heteroatoms. The Morgan fingerprint density at radius 1 is 0.889 bits per heavy atom. The van der Waals surface area contributed by atoms with Gasteiger partial charge in [0.25, 0.3) is 0 Å². The summed E-state index contributed by atoms with van der Waals surface area (Å²) < 4.78 is 14.8. The lowest BCUT2D eigenvalue weighted by Crippen LogP contribution is -2.39. The lowest BCUT2D eigenvalue weighted by Gasteiger charge is -2.23. The van der Waals surface area contributed by atoms with E-state index in [9.17, 15) is 14.4 Å². The largest absolute Gasteiger partial charge is 0.497 e. The zero-order chi connectivity index (χ0) is 20.2. The van der Waals surface area contributed by atoms with E-state index >= 15 is 0 Å². The molecule has 2 rings (SSSR count). The molecular weight excluding hydrogens is 348 g/mol. The van der Waals surface area contributed by atoms with Gasteiger partial charge >= 0.3 is 11.9 Å². The molecule has 6 nitrogen and oxygen atoms in total. The number of esters is 2. The van der Waals surface area contributed by atoms with Crippen LogP contribution < -0.4 is 4.74 Å². The number of rotatable bonds is 6. The minimum Gasteiger partial charge on any atom is -0.497 e. The number of hydrogen-bond donors (Lipinski definition) is 0. The van der Waals surface area contributed by atoms with E-state index in [1.807, 2.05) is 37.3 Å². The van der Waals surface area contributed by atoms with Gasteiger partial charge in [-0.15, -0.1) is 0 Å². The van der Waals surface area contributed by atoms with E-state index in [0.29, 0.717) is 11.1 Å². The first kappa shape index (κ1) is 20.4. The van der Waals surface area contributed by atoms with Crippen LogP contribution in [0.25, 0.3) is 6.08 Å². The Morgan fingerprint density at radius 3 is 1.85 bits per heavy atom. The fraction of sp³-hybridized carbons (Fsp3) is 0.381. The summed E-state index contributed by atoms with van der Waals surface area (Å²) in [6, 6.07) is 7.45. The summed E-state index contributed by atoms with van der Waals surface area (Å²) in [5.74, 6) is -0.826. The van der Waals surface area contributed by atoms with Crippen molar-refractivity contribution in [1.29, 1.82) is 0 Å². The highest BCUT2D eigenvalue weighted by Crippen LogP contribution is 2.47. The molecule has 1 aliphatic rings. The molecule has 1 aromatic rings. The standard InChI is InChI=1S/C21H24O6/c1-13(10-15-6-8-16(25-3)9-7-15)17-11-21(19(23)26-4,20(24)27-5)12-18(17)14(2)22/h6-10H,11-12H2,1-5H3/b13-10-. The Balaban J connectivity index is 2.46. The fourth-order valence-electron chi connectivity index (χ4n) is 3.39. The van der Waals surface area contributed by atoms with Crippen LogP contribution in [-0.2, 0) is 23.9 Å². The summed E-state index contributed by atoms with van der Waals surface area (Å²) in [6.45, 7) is 3.29. The SMILES string of the molecule is COC(=O)C1(C(=O)OC)CC(C(C)=O)=C(/C(C)=C\c2ccc(OC)cc2)C1. The average Bonchev–Trinajstić information content (AvgIpc) is 3.10. The van der Waals surface area contributed by atoms with E-state index in [0.717, 1.165) is 16.9 Å². The first-order valence-electron chi connectivity index (χ1n) is 8.51. The number of benzene rings is 1. The van der Waals surface area contributed by atoms with Crippen LogP contribution in [-0.4, -0.2) is 39.1 Å². The predicted molar refractivity (Wildman–Crippen MR) is 100 cm³/mol. The molecule has 0 spiro atoms. The predicted octanol–water partition coefficient (Wildman–Crippen LogP) is 3.11. The van der Waals surface area contributed by atoms with E-state index < -0.39 is 17.4 Å².